The molecule has 1 aromatic carbocycles. The average Bonchev–Trinajstić information content (AvgIpc) is 2.72. The number of ether oxygens (including phenoxy) is 1. The summed E-state index contributed by atoms with van der Waals surface area (Å²) in [5.41, 5.74) is 4.36. The molecule has 1 aromatic rings. The van der Waals surface area contributed by atoms with Gasteiger partial charge in [-0.3, -0.25) is 4.90 Å². The quantitative estimate of drug-likeness (QED) is 0.759. The Morgan fingerprint density at radius 1 is 1.29 bits per heavy atom. The summed E-state index contributed by atoms with van der Waals surface area (Å²) in [7, 11) is 3.76. The fourth-order valence-corrected chi connectivity index (χ4v) is 2.42. The van der Waals surface area contributed by atoms with Gasteiger partial charge in [0.15, 0.2) is 0 Å². The molecule has 0 aliphatic carbocycles. The molecular formula is C14H22N2O. The second-order valence-corrected chi connectivity index (χ2v) is 4.69. The van der Waals surface area contributed by atoms with Crippen molar-refractivity contribution in [3.63, 3.8) is 0 Å². The molecule has 0 radical (unpaired) electrons. The number of hydrogen-bond acceptors (Lipinski definition) is 3. The first-order valence-electron chi connectivity index (χ1n) is 6.30. The van der Waals surface area contributed by atoms with Gasteiger partial charge in [-0.05, 0) is 30.2 Å². The van der Waals surface area contributed by atoms with E-state index in [1.165, 1.54) is 16.7 Å². The monoisotopic (exact) mass is 234 g/mol. The van der Waals surface area contributed by atoms with E-state index in [0.29, 0.717) is 0 Å². The minimum atomic E-state index is 0.859. The molecule has 2 rings (SSSR count). The maximum atomic E-state index is 5.09. The van der Waals surface area contributed by atoms with Gasteiger partial charge in [0, 0.05) is 39.9 Å². The van der Waals surface area contributed by atoms with Crippen LogP contribution in [0.4, 0.5) is 0 Å². The summed E-state index contributed by atoms with van der Waals surface area (Å²) in [6, 6.07) is 6.84. The van der Waals surface area contributed by atoms with Crippen LogP contribution in [0.25, 0.3) is 0 Å². The largest absolute Gasteiger partial charge is 0.385 e. The van der Waals surface area contributed by atoms with Crippen LogP contribution in [-0.4, -0.2) is 32.2 Å². The van der Waals surface area contributed by atoms with Gasteiger partial charge in [0.1, 0.15) is 0 Å². The Kier molecular flexibility index (Phi) is 4.54. The lowest BCUT2D eigenvalue weighted by atomic mass is 10.1. The van der Waals surface area contributed by atoms with E-state index in [4.69, 9.17) is 4.74 Å². The van der Waals surface area contributed by atoms with E-state index in [1.54, 1.807) is 7.11 Å². The van der Waals surface area contributed by atoms with Crippen LogP contribution in [0, 0.1) is 0 Å². The average molecular weight is 234 g/mol. The molecule has 0 atom stereocenters. The first kappa shape index (κ1) is 12.6. The van der Waals surface area contributed by atoms with Gasteiger partial charge in [0.05, 0.1) is 0 Å². The predicted octanol–water partition coefficient (Wildman–Crippen LogP) is 1.76. The molecule has 0 unspecified atom stereocenters. The van der Waals surface area contributed by atoms with E-state index in [0.717, 1.165) is 39.2 Å². The summed E-state index contributed by atoms with van der Waals surface area (Å²) >= 11 is 0. The van der Waals surface area contributed by atoms with Gasteiger partial charge in [0.25, 0.3) is 0 Å². The van der Waals surface area contributed by atoms with Gasteiger partial charge in [-0.25, -0.2) is 0 Å². The Morgan fingerprint density at radius 3 is 2.88 bits per heavy atom. The minimum Gasteiger partial charge on any atom is -0.385 e. The second kappa shape index (κ2) is 6.15. The molecule has 0 aromatic heterocycles. The number of methoxy groups -OCH3 is 1. The van der Waals surface area contributed by atoms with Crippen molar-refractivity contribution in [2.24, 2.45) is 0 Å². The third-order valence-electron chi connectivity index (χ3n) is 3.26. The van der Waals surface area contributed by atoms with Gasteiger partial charge in [-0.1, -0.05) is 18.2 Å². The first-order valence-corrected chi connectivity index (χ1v) is 6.30. The summed E-state index contributed by atoms with van der Waals surface area (Å²) in [4.78, 5) is 2.49. The van der Waals surface area contributed by atoms with Crippen molar-refractivity contribution in [3.8, 4) is 0 Å². The third-order valence-corrected chi connectivity index (χ3v) is 3.26. The normalized spacial score (nSPS) is 15.2. The molecule has 1 aliphatic heterocycles. The minimum absolute atomic E-state index is 0.859. The van der Waals surface area contributed by atoms with Gasteiger partial charge >= 0.3 is 0 Å². The van der Waals surface area contributed by atoms with Gasteiger partial charge in [-0.15, -0.1) is 0 Å². The molecule has 1 aliphatic rings. The number of benzene rings is 1. The summed E-state index contributed by atoms with van der Waals surface area (Å²) in [5.74, 6) is 0. The molecule has 0 fully saturated rings. The SMILES string of the molecule is CNCc1ccc2c(c1)CN(CCCOC)C2. The smallest absolute Gasteiger partial charge is 0.0474 e. The lowest BCUT2D eigenvalue weighted by Gasteiger charge is -2.13. The van der Waals surface area contributed by atoms with Crippen LogP contribution in [0.5, 0.6) is 0 Å². The Morgan fingerprint density at radius 2 is 2.12 bits per heavy atom. The molecule has 1 heterocycles. The number of nitrogens with zero attached hydrogens (tertiary/aromatic N) is 1. The Balaban J connectivity index is 1.92. The maximum absolute atomic E-state index is 5.09. The van der Waals surface area contributed by atoms with Crippen molar-refractivity contribution in [1.29, 1.82) is 0 Å². The lowest BCUT2D eigenvalue weighted by Crippen LogP contribution is -2.18. The van der Waals surface area contributed by atoms with Crippen molar-refractivity contribution in [1.82, 2.24) is 10.2 Å². The van der Waals surface area contributed by atoms with Crippen molar-refractivity contribution in [2.45, 2.75) is 26.1 Å². The van der Waals surface area contributed by atoms with Crippen LogP contribution in [0.2, 0.25) is 0 Å². The van der Waals surface area contributed by atoms with Crippen LogP contribution in [0.15, 0.2) is 18.2 Å². The van der Waals surface area contributed by atoms with E-state index in [1.807, 2.05) is 7.05 Å². The standard InChI is InChI=1S/C14H22N2O/c1-15-9-12-4-5-13-10-16(6-3-7-17-2)11-14(13)8-12/h4-5,8,15H,3,6-7,9-11H2,1-2H3. The predicted molar refractivity (Wildman–Crippen MR) is 69.8 cm³/mol. The Bertz CT molecular complexity index is 365. The lowest BCUT2D eigenvalue weighted by molar-refractivity contribution is 0.172. The van der Waals surface area contributed by atoms with E-state index in [2.05, 4.69) is 28.4 Å². The van der Waals surface area contributed by atoms with Gasteiger partial charge in [-0.2, -0.15) is 0 Å². The molecule has 17 heavy (non-hydrogen) atoms. The Labute approximate surface area is 104 Å². The van der Waals surface area contributed by atoms with Crippen molar-refractivity contribution in [3.05, 3.63) is 34.9 Å². The van der Waals surface area contributed by atoms with Gasteiger partial charge < -0.3 is 10.1 Å². The molecule has 0 spiro atoms. The van der Waals surface area contributed by atoms with Crippen molar-refractivity contribution < 1.29 is 4.74 Å². The molecular weight excluding hydrogens is 212 g/mol. The highest BCUT2D eigenvalue weighted by Gasteiger charge is 2.18. The third kappa shape index (κ3) is 3.28. The van der Waals surface area contributed by atoms with Crippen LogP contribution >= 0.6 is 0 Å². The molecule has 3 heteroatoms. The first-order chi connectivity index (χ1) is 8.33. The van der Waals surface area contributed by atoms with E-state index < -0.39 is 0 Å². The zero-order valence-corrected chi connectivity index (χ0v) is 10.8. The van der Waals surface area contributed by atoms with Crippen molar-refractivity contribution in [2.75, 3.05) is 27.3 Å². The zero-order valence-electron chi connectivity index (χ0n) is 10.8. The topological polar surface area (TPSA) is 24.5 Å². The van der Waals surface area contributed by atoms with Gasteiger partial charge in [0.2, 0.25) is 0 Å². The van der Waals surface area contributed by atoms with E-state index in [-0.39, 0.29) is 0 Å². The van der Waals surface area contributed by atoms with Crippen molar-refractivity contribution >= 4 is 0 Å². The fraction of sp³-hybridized carbons (Fsp3) is 0.571. The van der Waals surface area contributed by atoms with Crippen LogP contribution < -0.4 is 5.32 Å². The second-order valence-electron chi connectivity index (χ2n) is 4.69. The highest BCUT2D eigenvalue weighted by molar-refractivity contribution is 5.34. The van der Waals surface area contributed by atoms with Crippen LogP contribution in [0.1, 0.15) is 23.1 Å². The van der Waals surface area contributed by atoms with E-state index in [9.17, 15) is 0 Å². The summed E-state index contributed by atoms with van der Waals surface area (Å²) in [6.45, 7) is 5.13. The Hall–Kier alpha value is -0.900. The molecule has 3 nitrogen and oxygen atoms in total. The summed E-state index contributed by atoms with van der Waals surface area (Å²) in [5, 5.41) is 3.20. The number of fused-ring (bicyclic) bond motifs is 1. The highest BCUT2D eigenvalue weighted by Crippen LogP contribution is 2.23. The molecule has 1 N–H and O–H groups in total. The molecule has 0 saturated heterocycles. The number of rotatable bonds is 6. The summed E-state index contributed by atoms with van der Waals surface area (Å²) in [6.07, 6.45) is 1.12. The zero-order chi connectivity index (χ0) is 12.1. The molecule has 0 amide bonds. The maximum Gasteiger partial charge on any atom is 0.0474 e. The fourth-order valence-electron chi connectivity index (χ4n) is 2.42. The molecule has 94 valence electrons. The summed E-state index contributed by atoms with van der Waals surface area (Å²) < 4.78 is 5.09. The molecule has 0 bridgehead atoms. The number of hydrogen-bond donors (Lipinski definition) is 1. The van der Waals surface area contributed by atoms with Crippen LogP contribution in [0.3, 0.4) is 0 Å². The van der Waals surface area contributed by atoms with Crippen LogP contribution in [-0.2, 0) is 24.4 Å². The number of nitrogens with one attached hydrogen (secondary N) is 1. The van der Waals surface area contributed by atoms with E-state index >= 15 is 0 Å². The highest BCUT2D eigenvalue weighted by atomic mass is 16.5. The molecule has 0 saturated carbocycles.